The lowest BCUT2D eigenvalue weighted by atomic mass is 10.1. The summed E-state index contributed by atoms with van der Waals surface area (Å²) in [4.78, 5) is 27.9. The molecule has 2 aromatic rings. The normalized spacial score (nSPS) is 17.2. The number of carbonyl (C=O) groups excluding carboxylic acids is 2. The average molecular weight is 416 g/mol. The second-order valence-corrected chi connectivity index (χ2v) is 7.97. The van der Waals surface area contributed by atoms with Gasteiger partial charge in [0.05, 0.1) is 24.7 Å². The quantitative estimate of drug-likeness (QED) is 0.667. The van der Waals surface area contributed by atoms with Gasteiger partial charge in [0.25, 0.3) is 0 Å². The van der Waals surface area contributed by atoms with Crippen molar-refractivity contribution < 1.29 is 14.3 Å². The van der Waals surface area contributed by atoms with E-state index in [1.807, 2.05) is 16.7 Å². The Morgan fingerprint density at radius 2 is 1.97 bits per heavy atom. The Morgan fingerprint density at radius 3 is 2.69 bits per heavy atom. The van der Waals surface area contributed by atoms with Crippen LogP contribution in [0, 0.1) is 0 Å². The van der Waals surface area contributed by atoms with E-state index in [1.165, 1.54) is 22.2 Å². The van der Waals surface area contributed by atoms with Crippen molar-refractivity contribution in [2.45, 2.75) is 31.3 Å². The van der Waals surface area contributed by atoms with Gasteiger partial charge in [-0.1, -0.05) is 36.9 Å². The molecule has 0 radical (unpaired) electrons. The molecular formula is C20H25N5O3S. The van der Waals surface area contributed by atoms with Gasteiger partial charge in [-0.05, 0) is 24.5 Å². The molecule has 2 aliphatic rings. The van der Waals surface area contributed by atoms with Crippen molar-refractivity contribution in [3.8, 4) is 5.69 Å². The molecule has 0 aliphatic carbocycles. The fourth-order valence-electron chi connectivity index (χ4n) is 3.68. The third-order valence-electron chi connectivity index (χ3n) is 5.22. The van der Waals surface area contributed by atoms with Crippen LogP contribution in [0.1, 0.15) is 25.3 Å². The first-order valence-corrected chi connectivity index (χ1v) is 11.0. The van der Waals surface area contributed by atoms with Crippen molar-refractivity contribution in [2.24, 2.45) is 0 Å². The molecule has 2 amide bonds. The van der Waals surface area contributed by atoms with Crippen molar-refractivity contribution >= 4 is 29.5 Å². The molecule has 1 aromatic carbocycles. The number of carbonyl (C=O) groups is 2. The number of hydrogen-bond donors (Lipinski definition) is 0. The first-order valence-electron chi connectivity index (χ1n) is 10.0. The van der Waals surface area contributed by atoms with Gasteiger partial charge in [-0.15, -0.1) is 10.2 Å². The van der Waals surface area contributed by atoms with Crippen LogP contribution in [0.25, 0.3) is 5.69 Å². The maximum atomic E-state index is 12.5. The van der Waals surface area contributed by atoms with E-state index in [2.05, 4.69) is 34.2 Å². The number of hydrogen-bond acceptors (Lipinski definition) is 7. The summed E-state index contributed by atoms with van der Waals surface area (Å²) >= 11 is 1.33. The van der Waals surface area contributed by atoms with E-state index in [0.717, 1.165) is 37.6 Å². The number of amides is 2. The topological polar surface area (TPSA) is 80.6 Å². The number of rotatable bonds is 6. The molecule has 2 fully saturated rings. The van der Waals surface area contributed by atoms with E-state index < -0.39 is 0 Å². The fraction of sp³-hybridized carbons (Fsp3) is 0.500. The highest BCUT2D eigenvalue weighted by Gasteiger charge is 2.28. The highest BCUT2D eigenvalue weighted by atomic mass is 32.2. The molecule has 2 saturated heterocycles. The molecule has 0 unspecified atom stereocenters. The van der Waals surface area contributed by atoms with Crippen LogP contribution in [0.4, 0.5) is 5.95 Å². The first-order chi connectivity index (χ1) is 14.2. The second-order valence-electron chi connectivity index (χ2n) is 7.03. The molecule has 0 atom stereocenters. The highest BCUT2D eigenvalue weighted by molar-refractivity contribution is 7.99. The minimum Gasteiger partial charge on any atom is -0.378 e. The lowest BCUT2D eigenvalue weighted by Gasteiger charge is -2.28. The number of ether oxygens (including phenoxy) is 1. The van der Waals surface area contributed by atoms with Crippen LogP contribution in [0.3, 0.4) is 0 Å². The average Bonchev–Trinajstić information content (AvgIpc) is 3.38. The van der Waals surface area contributed by atoms with E-state index in [9.17, 15) is 9.59 Å². The number of imide groups is 1. The van der Waals surface area contributed by atoms with Crippen LogP contribution >= 0.6 is 11.8 Å². The van der Waals surface area contributed by atoms with E-state index in [4.69, 9.17) is 4.74 Å². The third kappa shape index (κ3) is 4.16. The summed E-state index contributed by atoms with van der Waals surface area (Å²) in [5, 5.41) is 9.51. The van der Waals surface area contributed by atoms with Crippen LogP contribution in [0.2, 0.25) is 0 Å². The number of likely N-dealkylation sites (tertiary alicyclic amines) is 1. The molecule has 0 spiro atoms. The van der Waals surface area contributed by atoms with Crippen molar-refractivity contribution in [1.29, 1.82) is 0 Å². The van der Waals surface area contributed by atoms with Crippen LogP contribution in [-0.4, -0.2) is 70.1 Å². The molecule has 9 heteroatoms. The first kappa shape index (κ1) is 19.9. The number of anilines is 1. The van der Waals surface area contributed by atoms with Crippen molar-refractivity contribution in [2.75, 3.05) is 43.5 Å². The smallest absolute Gasteiger partial charge is 0.239 e. The van der Waals surface area contributed by atoms with Gasteiger partial charge in [0.1, 0.15) is 0 Å². The zero-order valence-electron chi connectivity index (χ0n) is 16.5. The maximum absolute atomic E-state index is 12.5. The molecule has 29 heavy (non-hydrogen) atoms. The summed E-state index contributed by atoms with van der Waals surface area (Å²) in [5.41, 5.74) is 2.21. The standard InChI is InChI=1S/C20H25N5O3S/c1-2-15-6-3-4-7-16(15)25-19(23-10-12-28-13-11-23)21-22-20(25)29-14-18(27)24-9-5-8-17(24)26/h3-4,6-7H,2,5,8-14H2,1H3. The molecule has 0 N–H and O–H groups in total. The Bertz CT molecular complexity index is 894. The molecule has 0 saturated carbocycles. The lowest BCUT2D eigenvalue weighted by Crippen LogP contribution is -2.38. The summed E-state index contributed by atoms with van der Waals surface area (Å²) in [7, 11) is 0. The van der Waals surface area contributed by atoms with E-state index in [-0.39, 0.29) is 17.6 Å². The summed E-state index contributed by atoms with van der Waals surface area (Å²) in [6.07, 6.45) is 2.08. The number of thioether (sulfide) groups is 1. The molecular weight excluding hydrogens is 390 g/mol. The Kier molecular flexibility index (Phi) is 6.15. The van der Waals surface area contributed by atoms with Gasteiger partial charge in [0, 0.05) is 26.1 Å². The Morgan fingerprint density at radius 1 is 1.17 bits per heavy atom. The monoisotopic (exact) mass is 415 g/mol. The minimum atomic E-state index is -0.163. The van der Waals surface area contributed by atoms with E-state index in [1.54, 1.807) is 0 Å². The second kappa shape index (κ2) is 8.96. The van der Waals surface area contributed by atoms with Crippen LogP contribution < -0.4 is 4.90 Å². The maximum Gasteiger partial charge on any atom is 0.239 e. The van der Waals surface area contributed by atoms with Gasteiger partial charge in [-0.25, -0.2) is 0 Å². The number of benzene rings is 1. The molecule has 1 aromatic heterocycles. The van der Waals surface area contributed by atoms with Crippen molar-refractivity contribution in [3.05, 3.63) is 29.8 Å². The zero-order valence-corrected chi connectivity index (χ0v) is 17.4. The Hall–Kier alpha value is -2.39. The van der Waals surface area contributed by atoms with Gasteiger partial charge >= 0.3 is 0 Å². The minimum absolute atomic E-state index is 0.0811. The van der Waals surface area contributed by atoms with Gasteiger partial charge in [-0.2, -0.15) is 0 Å². The van der Waals surface area contributed by atoms with Crippen LogP contribution in [-0.2, 0) is 20.7 Å². The number of aromatic nitrogens is 3. The van der Waals surface area contributed by atoms with Crippen molar-refractivity contribution in [1.82, 2.24) is 19.7 Å². The van der Waals surface area contributed by atoms with Crippen molar-refractivity contribution in [3.63, 3.8) is 0 Å². The molecule has 8 nitrogen and oxygen atoms in total. The van der Waals surface area contributed by atoms with E-state index in [0.29, 0.717) is 31.3 Å². The predicted octanol–water partition coefficient (Wildman–Crippen LogP) is 1.91. The summed E-state index contributed by atoms with van der Waals surface area (Å²) in [6.45, 7) is 5.44. The molecule has 0 bridgehead atoms. The molecule has 154 valence electrons. The third-order valence-corrected chi connectivity index (χ3v) is 6.14. The highest BCUT2D eigenvalue weighted by Crippen LogP contribution is 2.29. The fourth-order valence-corrected chi connectivity index (χ4v) is 4.49. The summed E-state index contributed by atoms with van der Waals surface area (Å²) in [5.74, 6) is 0.689. The SMILES string of the molecule is CCc1ccccc1-n1c(SCC(=O)N2CCCC2=O)nnc1N1CCOCC1. The molecule has 2 aliphatic heterocycles. The predicted molar refractivity (Wildman–Crippen MR) is 110 cm³/mol. The molecule has 3 heterocycles. The van der Waals surface area contributed by atoms with Gasteiger partial charge < -0.3 is 9.64 Å². The number of morpholine rings is 1. The van der Waals surface area contributed by atoms with Gasteiger partial charge in [-0.3, -0.25) is 19.1 Å². The van der Waals surface area contributed by atoms with Gasteiger partial charge in [0.2, 0.25) is 17.8 Å². The largest absolute Gasteiger partial charge is 0.378 e. The number of nitrogens with zero attached hydrogens (tertiary/aromatic N) is 5. The lowest BCUT2D eigenvalue weighted by molar-refractivity contribution is -0.140. The van der Waals surface area contributed by atoms with E-state index >= 15 is 0 Å². The number of aryl methyl sites for hydroxylation is 1. The van der Waals surface area contributed by atoms with Gasteiger partial charge in [0.15, 0.2) is 5.16 Å². The summed E-state index contributed by atoms with van der Waals surface area (Å²) < 4.78 is 7.51. The van der Waals surface area contributed by atoms with Crippen LogP contribution in [0.15, 0.2) is 29.4 Å². The summed E-state index contributed by atoms with van der Waals surface area (Å²) in [6, 6.07) is 8.18. The molecule has 4 rings (SSSR count). The Balaban J connectivity index is 1.63. The Labute approximate surface area is 174 Å². The van der Waals surface area contributed by atoms with Crippen LogP contribution in [0.5, 0.6) is 0 Å². The number of para-hydroxylation sites is 1. The zero-order chi connectivity index (χ0) is 20.2.